The predicted molar refractivity (Wildman–Crippen MR) is 129 cm³/mol. The zero-order valence-electron chi connectivity index (χ0n) is 19.4. The molecule has 35 heavy (non-hydrogen) atoms. The lowest BCUT2D eigenvalue weighted by Gasteiger charge is -2.34. The monoisotopic (exact) mass is 484 g/mol. The fourth-order valence-electron chi connectivity index (χ4n) is 4.41. The van der Waals surface area contributed by atoms with E-state index in [2.05, 4.69) is 32.1 Å². The van der Waals surface area contributed by atoms with Crippen molar-refractivity contribution in [3.05, 3.63) is 71.9 Å². The van der Waals surface area contributed by atoms with Gasteiger partial charge in [-0.2, -0.15) is 18.2 Å². The van der Waals surface area contributed by atoms with E-state index in [1.807, 2.05) is 54.6 Å². The number of piperazine rings is 1. The molecule has 2 aliphatic rings. The minimum Gasteiger partial charge on any atom is -0.369 e. The van der Waals surface area contributed by atoms with Crippen molar-refractivity contribution in [3.8, 4) is 0 Å². The van der Waals surface area contributed by atoms with E-state index in [9.17, 15) is 13.2 Å². The minimum absolute atomic E-state index is 0.0719. The Morgan fingerprint density at radius 2 is 1.69 bits per heavy atom. The van der Waals surface area contributed by atoms with E-state index < -0.39 is 11.7 Å². The lowest BCUT2D eigenvalue weighted by Crippen LogP contribution is -2.44. The number of rotatable bonds is 5. The van der Waals surface area contributed by atoms with Gasteiger partial charge in [-0.3, -0.25) is 4.84 Å². The average Bonchev–Trinajstić information content (AvgIpc) is 3.35. The summed E-state index contributed by atoms with van der Waals surface area (Å²) in [5, 5.41) is 4.31. The summed E-state index contributed by atoms with van der Waals surface area (Å²) in [6, 6.07) is 16.7. The molecule has 2 fully saturated rings. The summed E-state index contributed by atoms with van der Waals surface area (Å²) in [5.41, 5.74) is 1.73. The van der Waals surface area contributed by atoms with Crippen LogP contribution in [0.4, 0.5) is 36.3 Å². The molecule has 2 saturated heterocycles. The van der Waals surface area contributed by atoms with Gasteiger partial charge in [-0.15, -0.1) is 0 Å². The van der Waals surface area contributed by atoms with E-state index in [-0.39, 0.29) is 17.8 Å². The first-order valence-electron chi connectivity index (χ1n) is 11.6. The molecular weight excluding hydrogens is 457 g/mol. The lowest BCUT2D eigenvalue weighted by atomic mass is 10.0. The Bertz CT molecular complexity index is 1130. The van der Waals surface area contributed by atoms with Gasteiger partial charge in [0, 0.05) is 50.2 Å². The molecule has 0 radical (unpaired) electrons. The maximum atomic E-state index is 13.8. The zero-order valence-corrected chi connectivity index (χ0v) is 19.4. The summed E-state index contributed by atoms with van der Waals surface area (Å²) in [6.45, 7) is 4.22. The van der Waals surface area contributed by atoms with Crippen LogP contribution >= 0.6 is 0 Å². The Morgan fingerprint density at radius 1 is 0.971 bits per heavy atom. The molecule has 0 unspecified atom stereocenters. The highest BCUT2D eigenvalue weighted by Crippen LogP contribution is 2.41. The first-order chi connectivity index (χ1) is 16.9. The largest absolute Gasteiger partial charge is 0.421 e. The highest BCUT2D eigenvalue weighted by atomic mass is 19.4. The molecule has 184 valence electrons. The maximum Gasteiger partial charge on any atom is 0.421 e. The third kappa shape index (κ3) is 5.18. The smallest absolute Gasteiger partial charge is 0.369 e. The van der Waals surface area contributed by atoms with Crippen LogP contribution in [0, 0.1) is 0 Å². The van der Waals surface area contributed by atoms with Crippen molar-refractivity contribution >= 4 is 23.1 Å². The molecule has 3 heterocycles. The van der Waals surface area contributed by atoms with Gasteiger partial charge in [0.1, 0.15) is 5.56 Å². The average molecular weight is 485 g/mol. The van der Waals surface area contributed by atoms with Gasteiger partial charge in [0.15, 0.2) is 5.82 Å². The zero-order chi connectivity index (χ0) is 24.4. The molecule has 0 saturated carbocycles. The van der Waals surface area contributed by atoms with Crippen LogP contribution in [0.1, 0.15) is 23.6 Å². The molecule has 2 aliphatic heterocycles. The van der Waals surface area contributed by atoms with Crippen molar-refractivity contribution in [1.82, 2.24) is 14.9 Å². The van der Waals surface area contributed by atoms with Crippen LogP contribution in [-0.4, -0.2) is 54.7 Å². The Kier molecular flexibility index (Phi) is 6.48. The van der Waals surface area contributed by atoms with Gasteiger partial charge in [-0.25, -0.2) is 10.0 Å². The number of anilines is 4. The van der Waals surface area contributed by atoms with Crippen molar-refractivity contribution in [1.29, 1.82) is 0 Å². The topological polar surface area (TPSA) is 56.8 Å². The van der Waals surface area contributed by atoms with E-state index >= 15 is 0 Å². The normalized spacial score (nSPS) is 19.3. The summed E-state index contributed by atoms with van der Waals surface area (Å²) in [5.74, 6) is -0.224. The van der Waals surface area contributed by atoms with Crippen LogP contribution in [0.25, 0.3) is 0 Å². The van der Waals surface area contributed by atoms with Gasteiger partial charge in [0.25, 0.3) is 0 Å². The molecular formula is C25H27F3N6O. The number of halogens is 3. The van der Waals surface area contributed by atoms with E-state index in [0.29, 0.717) is 18.7 Å². The molecule has 1 atom stereocenters. The number of alkyl halides is 3. The van der Waals surface area contributed by atoms with E-state index in [1.165, 1.54) is 5.06 Å². The lowest BCUT2D eigenvalue weighted by molar-refractivity contribution is -0.138. The van der Waals surface area contributed by atoms with E-state index in [1.54, 1.807) is 0 Å². The third-order valence-electron chi connectivity index (χ3n) is 6.36. The molecule has 0 bridgehead atoms. The Balaban J connectivity index is 1.39. The molecule has 5 rings (SSSR count). The predicted octanol–water partition coefficient (Wildman–Crippen LogP) is 4.87. The number of aromatic nitrogens is 2. The van der Waals surface area contributed by atoms with Crippen LogP contribution in [0.15, 0.2) is 60.8 Å². The van der Waals surface area contributed by atoms with Crippen LogP contribution < -0.4 is 15.3 Å². The fraction of sp³-hybridized carbons (Fsp3) is 0.360. The van der Waals surface area contributed by atoms with Crippen LogP contribution in [0.5, 0.6) is 0 Å². The Labute approximate surface area is 202 Å². The van der Waals surface area contributed by atoms with Gasteiger partial charge in [0.2, 0.25) is 5.95 Å². The van der Waals surface area contributed by atoms with Gasteiger partial charge >= 0.3 is 6.18 Å². The SMILES string of the molecule is CN1CCN(c2ccc(Nc3ncc(C(F)(F)F)c(N4OCC[C@H]4c4ccccc4)n3)cc2)CC1. The second-order valence-electron chi connectivity index (χ2n) is 8.77. The van der Waals surface area contributed by atoms with Crippen molar-refractivity contribution in [2.45, 2.75) is 18.6 Å². The van der Waals surface area contributed by atoms with Gasteiger partial charge < -0.3 is 15.1 Å². The van der Waals surface area contributed by atoms with Crippen molar-refractivity contribution in [2.75, 3.05) is 55.1 Å². The Hall–Kier alpha value is -3.37. The van der Waals surface area contributed by atoms with Gasteiger partial charge in [-0.05, 0) is 36.9 Å². The molecule has 0 aliphatic carbocycles. The Morgan fingerprint density at radius 3 is 2.37 bits per heavy atom. The number of hydrogen-bond donors (Lipinski definition) is 1. The molecule has 3 aromatic rings. The number of likely N-dealkylation sites (N-methyl/N-ethyl adjacent to an activating group) is 1. The fourth-order valence-corrected chi connectivity index (χ4v) is 4.41. The molecule has 0 amide bonds. The van der Waals surface area contributed by atoms with Gasteiger partial charge in [-0.1, -0.05) is 30.3 Å². The van der Waals surface area contributed by atoms with Crippen LogP contribution in [-0.2, 0) is 11.0 Å². The molecule has 7 nitrogen and oxygen atoms in total. The second-order valence-corrected chi connectivity index (χ2v) is 8.77. The number of hydrogen-bond acceptors (Lipinski definition) is 7. The third-order valence-corrected chi connectivity index (χ3v) is 6.36. The molecule has 2 aromatic carbocycles. The van der Waals surface area contributed by atoms with Crippen molar-refractivity contribution in [2.24, 2.45) is 0 Å². The maximum absolute atomic E-state index is 13.8. The summed E-state index contributed by atoms with van der Waals surface area (Å²) in [6.07, 6.45) is -3.25. The van der Waals surface area contributed by atoms with Crippen molar-refractivity contribution in [3.63, 3.8) is 0 Å². The molecule has 10 heteroatoms. The summed E-state index contributed by atoms with van der Waals surface area (Å²) >= 11 is 0. The van der Waals surface area contributed by atoms with E-state index in [4.69, 9.17) is 4.84 Å². The van der Waals surface area contributed by atoms with Crippen molar-refractivity contribution < 1.29 is 18.0 Å². The van der Waals surface area contributed by atoms with Crippen LogP contribution in [0.2, 0.25) is 0 Å². The summed E-state index contributed by atoms with van der Waals surface area (Å²) < 4.78 is 41.5. The molecule has 0 spiro atoms. The number of benzene rings is 2. The number of nitrogens with one attached hydrogen (secondary N) is 1. The first kappa shape index (κ1) is 23.4. The van der Waals surface area contributed by atoms with Gasteiger partial charge in [0.05, 0.1) is 12.6 Å². The highest BCUT2D eigenvalue weighted by molar-refractivity contribution is 5.61. The standard InChI is InChI=1S/C25H27F3N6O/c1-32-12-14-33(15-13-32)20-9-7-19(8-10-20)30-24-29-17-21(25(26,27)28)23(31-24)34-22(11-16-35-34)18-5-3-2-4-6-18/h2-10,17,22H,11-16H2,1H3,(H,29,30,31)/t22-/m0/s1. The summed E-state index contributed by atoms with van der Waals surface area (Å²) in [4.78, 5) is 18.5. The molecule has 1 aromatic heterocycles. The molecule has 1 N–H and O–H groups in total. The highest BCUT2D eigenvalue weighted by Gasteiger charge is 2.40. The minimum atomic E-state index is -4.62. The quantitative estimate of drug-likeness (QED) is 0.554. The number of hydroxylamine groups is 1. The summed E-state index contributed by atoms with van der Waals surface area (Å²) in [7, 11) is 2.11. The van der Waals surface area contributed by atoms with Crippen LogP contribution in [0.3, 0.4) is 0 Å². The first-order valence-corrected chi connectivity index (χ1v) is 11.6. The van der Waals surface area contributed by atoms with E-state index in [0.717, 1.165) is 43.6 Å². The second kappa shape index (κ2) is 9.71. The number of nitrogens with zero attached hydrogens (tertiary/aromatic N) is 5.